The Morgan fingerprint density at radius 2 is 2.18 bits per heavy atom. The summed E-state index contributed by atoms with van der Waals surface area (Å²) in [7, 11) is 4.07. The van der Waals surface area contributed by atoms with E-state index in [1.165, 1.54) is 0 Å². The summed E-state index contributed by atoms with van der Waals surface area (Å²) in [6.07, 6.45) is 3.81. The van der Waals surface area contributed by atoms with E-state index in [2.05, 4.69) is 47.1 Å². The minimum Gasteiger partial charge on any atom is -0.359 e. The Hall–Kier alpha value is -1.16. The molecule has 0 aliphatic rings. The third kappa shape index (κ3) is 4.69. The predicted molar refractivity (Wildman–Crippen MR) is 72.4 cm³/mol. The molecule has 1 unspecified atom stereocenters. The number of nitrogens with one attached hydrogen (secondary N) is 1. The van der Waals surface area contributed by atoms with Gasteiger partial charge in [0.2, 0.25) is 0 Å². The molecule has 1 aromatic heterocycles. The van der Waals surface area contributed by atoms with Crippen molar-refractivity contribution >= 4 is 5.82 Å². The minimum atomic E-state index is 0.606. The first-order valence-corrected chi connectivity index (χ1v) is 6.34. The van der Waals surface area contributed by atoms with E-state index in [-0.39, 0.29) is 0 Å². The van der Waals surface area contributed by atoms with Crippen LogP contribution in [0, 0.1) is 5.92 Å². The van der Waals surface area contributed by atoms with Gasteiger partial charge >= 0.3 is 0 Å². The summed E-state index contributed by atoms with van der Waals surface area (Å²) in [4.78, 5) is 10.8. The van der Waals surface area contributed by atoms with Gasteiger partial charge < -0.3 is 10.2 Å². The summed E-state index contributed by atoms with van der Waals surface area (Å²) in [5.41, 5.74) is 1.13. The molecule has 1 aromatic rings. The molecule has 0 spiro atoms. The summed E-state index contributed by atoms with van der Waals surface area (Å²) in [6, 6.07) is 2.09. The molecule has 0 saturated carbocycles. The maximum absolute atomic E-state index is 4.33. The molecule has 96 valence electrons. The lowest BCUT2D eigenvalue weighted by Crippen LogP contribution is -2.30. The Balaban J connectivity index is 2.61. The average Bonchev–Trinajstić information content (AvgIpc) is 2.30. The fourth-order valence-electron chi connectivity index (χ4n) is 1.96. The monoisotopic (exact) mass is 236 g/mol. The number of hydrogen-bond donors (Lipinski definition) is 1. The van der Waals surface area contributed by atoms with Crippen LogP contribution in [0.1, 0.15) is 26.0 Å². The van der Waals surface area contributed by atoms with Gasteiger partial charge in [-0.05, 0) is 25.9 Å². The Bertz CT molecular complexity index is 327. The van der Waals surface area contributed by atoms with E-state index in [1.54, 1.807) is 6.33 Å². The van der Waals surface area contributed by atoms with Crippen molar-refractivity contribution in [2.24, 2.45) is 5.92 Å². The van der Waals surface area contributed by atoms with E-state index >= 15 is 0 Å². The van der Waals surface area contributed by atoms with Crippen LogP contribution in [0.15, 0.2) is 12.4 Å². The normalized spacial score (nSPS) is 12.5. The highest BCUT2D eigenvalue weighted by molar-refractivity contribution is 5.37. The second-order valence-corrected chi connectivity index (χ2v) is 4.66. The Morgan fingerprint density at radius 3 is 2.82 bits per heavy atom. The van der Waals surface area contributed by atoms with Gasteiger partial charge in [-0.15, -0.1) is 0 Å². The van der Waals surface area contributed by atoms with Crippen molar-refractivity contribution in [3.8, 4) is 0 Å². The lowest BCUT2D eigenvalue weighted by atomic mass is 10.1. The summed E-state index contributed by atoms with van der Waals surface area (Å²) in [5, 5.41) is 3.20. The fourth-order valence-corrected chi connectivity index (χ4v) is 1.96. The van der Waals surface area contributed by atoms with E-state index in [1.807, 2.05) is 7.05 Å². The number of aromatic nitrogens is 2. The second kappa shape index (κ2) is 7.22. The molecular weight excluding hydrogens is 212 g/mol. The average molecular weight is 236 g/mol. The van der Waals surface area contributed by atoms with E-state index in [9.17, 15) is 0 Å². The number of aryl methyl sites for hydroxylation is 1. The van der Waals surface area contributed by atoms with Gasteiger partial charge in [0.15, 0.2) is 0 Å². The van der Waals surface area contributed by atoms with Crippen LogP contribution in [-0.2, 0) is 6.42 Å². The van der Waals surface area contributed by atoms with Crippen molar-refractivity contribution in [1.82, 2.24) is 15.3 Å². The first kappa shape index (κ1) is 13.9. The third-order valence-corrected chi connectivity index (χ3v) is 2.74. The van der Waals surface area contributed by atoms with Gasteiger partial charge in [-0.25, -0.2) is 9.97 Å². The highest BCUT2D eigenvalue weighted by Crippen LogP contribution is 2.12. The summed E-state index contributed by atoms with van der Waals surface area (Å²) in [6.45, 7) is 6.43. The number of rotatable bonds is 7. The molecule has 0 saturated heterocycles. The molecule has 1 atom stereocenters. The van der Waals surface area contributed by atoms with E-state index in [4.69, 9.17) is 0 Å². The minimum absolute atomic E-state index is 0.606. The third-order valence-electron chi connectivity index (χ3n) is 2.74. The Labute approximate surface area is 104 Å². The zero-order valence-electron chi connectivity index (χ0n) is 11.4. The molecule has 17 heavy (non-hydrogen) atoms. The number of nitrogens with zero attached hydrogens (tertiary/aromatic N) is 3. The second-order valence-electron chi connectivity index (χ2n) is 4.66. The lowest BCUT2D eigenvalue weighted by Gasteiger charge is -2.22. The molecule has 0 aliphatic carbocycles. The maximum Gasteiger partial charge on any atom is 0.131 e. The molecule has 1 heterocycles. The topological polar surface area (TPSA) is 41.0 Å². The summed E-state index contributed by atoms with van der Waals surface area (Å²) >= 11 is 0. The Morgan fingerprint density at radius 1 is 1.41 bits per heavy atom. The number of anilines is 1. The van der Waals surface area contributed by atoms with Crippen LogP contribution in [-0.4, -0.2) is 37.2 Å². The lowest BCUT2D eigenvalue weighted by molar-refractivity contribution is 0.540. The van der Waals surface area contributed by atoms with Gasteiger partial charge in [0.1, 0.15) is 12.1 Å². The smallest absolute Gasteiger partial charge is 0.131 e. The molecule has 1 rings (SSSR count). The molecule has 0 radical (unpaired) electrons. The maximum atomic E-state index is 4.33. The summed E-state index contributed by atoms with van der Waals surface area (Å²) < 4.78 is 0. The molecule has 0 fully saturated rings. The van der Waals surface area contributed by atoms with E-state index < -0.39 is 0 Å². The molecule has 0 bridgehead atoms. The first-order valence-electron chi connectivity index (χ1n) is 6.34. The van der Waals surface area contributed by atoms with Crippen LogP contribution in [0.2, 0.25) is 0 Å². The van der Waals surface area contributed by atoms with Crippen molar-refractivity contribution < 1.29 is 0 Å². The van der Waals surface area contributed by atoms with Gasteiger partial charge in [0.25, 0.3) is 0 Å². The zero-order chi connectivity index (χ0) is 12.7. The van der Waals surface area contributed by atoms with Gasteiger partial charge in [-0.1, -0.05) is 20.3 Å². The fraction of sp³-hybridized carbons (Fsp3) is 0.692. The number of hydrogen-bond acceptors (Lipinski definition) is 4. The molecule has 4 heteroatoms. The quantitative estimate of drug-likeness (QED) is 0.782. The molecule has 0 amide bonds. The van der Waals surface area contributed by atoms with Crippen molar-refractivity contribution in [2.45, 2.75) is 26.7 Å². The van der Waals surface area contributed by atoms with Crippen molar-refractivity contribution in [2.75, 3.05) is 32.1 Å². The standard InChI is InChI=1S/C13H24N4/c1-5-6-12-7-13(16-10-15-12)17(4)9-11(2)8-14-3/h7,10-11,14H,5-6,8-9H2,1-4H3. The zero-order valence-corrected chi connectivity index (χ0v) is 11.4. The van der Waals surface area contributed by atoms with Crippen molar-refractivity contribution in [3.05, 3.63) is 18.1 Å². The van der Waals surface area contributed by atoms with Crippen molar-refractivity contribution in [1.29, 1.82) is 0 Å². The van der Waals surface area contributed by atoms with Crippen LogP contribution in [0.25, 0.3) is 0 Å². The highest BCUT2D eigenvalue weighted by Gasteiger charge is 2.08. The van der Waals surface area contributed by atoms with Gasteiger partial charge in [-0.2, -0.15) is 0 Å². The van der Waals surface area contributed by atoms with Gasteiger partial charge in [-0.3, -0.25) is 0 Å². The first-order chi connectivity index (χ1) is 8.17. The van der Waals surface area contributed by atoms with Crippen LogP contribution in [0.3, 0.4) is 0 Å². The largest absolute Gasteiger partial charge is 0.359 e. The molecule has 0 aromatic carbocycles. The molecule has 4 nitrogen and oxygen atoms in total. The van der Waals surface area contributed by atoms with Crippen LogP contribution >= 0.6 is 0 Å². The molecular formula is C13H24N4. The van der Waals surface area contributed by atoms with Gasteiger partial charge in [0.05, 0.1) is 0 Å². The summed E-state index contributed by atoms with van der Waals surface area (Å²) in [5.74, 6) is 1.63. The Kier molecular flexibility index (Phi) is 5.91. The highest BCUT2D eigenvalue weighted by atomic mass is 15.2. The van der Waals surface area contributed by atoms with E-state index in [0.717, 1.165) is 37.4 Å². The SMILES string of the molecule is CCCc1cc(N(C)CC(C)CNC)ncn1. The van der Waals surface area contributed by atoms with E-state index in [0.29, 0.717) is 5.92 Å². The predicted octanol–water partition coefficient (Wildman–Crippen LogP) is 1.72. The van der Waals surface area contributed by atoms with Gasteiger partial charge in [0, 0.05) is 25.4 Å². The van der Waals surface area contributed by atoms with Crippen LogP contribution in [0.5, 0.6) is 0 Å². The van der Waals surface area contributed by atoms with Crippen molar-refractivity contribution in [3.63, 3.8) is 0 Å². The molecule has 0 aliphatic heterocycles. The molecule has 1 N–H and O–H groups in total. The van der Waals surface area contributed by atoms with Crippen LogP contribution < -0.4 is 10.2 Å². The van der Waals surface area contributed by atoms with Crippen LogP contribution in [0.4, 0.5) is 5.82 Å².